The molecular weight excluding hydrogens is 407 g/mol. The SMILES string of the molecule is O=C(CCC1(C(F)CO)OOC2(O1)C1CC3CC(C1)CC2C3)NCCN1CCCC1=O. The number of ether oxygens (including phenoxy) is 1. The third-order valence-corrected chi connectivity index (χ3v) is 8.13. The molecule has 6 aliphatic rings. The van der Waals surface area contributed by atoms with E-state index in [4.69, 9.17) is 14.5 Å². The summed E-state index contributed by atoms with van der Waals surface area (Å²) >= 11 is 0. The number of rotatable bonds is 8. The molecule has 31 heavy (non-hydrogen) atoms. The third kappa shape index (κ3) is 3.77. The van der Waals surface area contributed by atoms with Gasteiger partial charge in [0, 0.05) is 50.7 Å². The maximum Gasteiger partial charge on any atom is 0.238 e. The van der Waals surface area contributed by atoms with Crippen molar-refractivity contribution in [3.8, 4) is 0 Å². The fourth-order valence-corrected chi connectivity index (χ4v) is 6.73. The van der Waals surface area contributed by atoms with Crippen LogP contribution < -0.4 is 5.32 Å². The van der Waals surface area contributed by atoms with Gasteiger partial charge in [0.25, 0.3) is 0 Å². The molecule has 4 bridgehead atoms. The minimum Gasteiger partial charge on any atom is -0.393 e. The molecule has 6 fully saturated rings. The van der Waals surface area contributed by atoms with E-state index in [1.54, 1.807) is 4.90 Å². The Balaban J connectivity index is 1.19. The summed E-state index contributed by atoms with van der Waals surface area (Å²) in [6.07, 6.45) is 4.81. The summed E-state index contributed by atoms with van der Waals surface area (Å²) in [5, 5.41) is 12.3. The van der Waals surface area contributed by atoms with Gasteiger partial charge in [-0.2, -0.15) is 9.78 Å². The number of hydrogen-bond acceptors (Lipinski definition) is 6. The van der Waals surface area contributed by atoms with Gasteiger partial charge in [-0.3, -0.25) is 9.59 Å². The number of likely N-dealkylation sites (tertiary alicyclic amines) is 1. The van der Waals surface area contributed by atoms with Crippen LogP contribution in [0.5, 0.6) is 0 Å². The summed E-state index contributed by atoms with van der Waals surface area (Å²) < 4.78 is 21.2. The molecule has 2 amide bonds. The standard InChI is InChI=1S/C22H33FN2O6/c23-18(13-26)21(4-3-19(27)24-5-7-25-6-1-2-20(25)28)29-22(31-30-21)16-9-14-8-15(11-16)12-17(22)10-14/h14-18,26H,1-13H2,(H,24,27). The number of nitrogens with zero attached hydrogens (tertiary/aromatic N) is 1. The van der Waals surface area contributed by atoms with Crippen LogP contribution in [0.1, 0.15) is 57.8 Å². The van der Waals surface area contributed by atoms with Crippen molar-refractivity contribution in [2.75, 3.05) is 26.2 Å². The van der Waals surface area contributed by atoms with E-state index < -0.39 is 24.4 Å². The highest BCUT2D eigenvalue weighted by Crippen LogP contribution is 2.63. The first kappa shape index (κ1) is 21.6. The van der Waals surface area contributed by atoms with E-state index in [1.165, 1.54) is 6.42 Å². The van der Waals surface area contributed by atoms with Gasteiger partial charge in [-0.15, -0.1) is 0 Å². The molecule has 174 valence electrons. The molecule has 9 heteroatoms. The maximum atomic E-state index is 14.9. The van der Waals surface area contributed by atoms with E-state index in [-0.39, 0.29) is 36.5 Å². The van der Waals surface area contributed by atoms with Gasteiger partial charge >= 0.3 is 0 Å². The fraction of sp³-hybridized carbons (Fsp3) is 0.909. The lowest BCUT2D eigenvalue weighted by atomic mass is 9.53. The Bertz CT molecular complexity index is 692. The quantitative estimate of drug-likeness (QED) is 0.558. The molecule has 4 saturated carbocycles. The predicted octanol–water partition coefficient (Wildman–Crippen LogP) is 1.66. The normalized spacial score (nSPS) is 42.0. The van der Waals surface area contributed by atoms with E-state index in [1.807, 2.05) is 0 Å². The lowest BCUT2D eigenvalue weighted by molar-refractivity contribution is -0.392. The van der Waals surface area contributed by atoms with Crippen molar-refractivity contribution >= 4 is 11.8 Å². The Hall–Kier alpha value is -1.29. The highest BCUT2D eigenvalue weighted by molar-refractivity contribution is 5.78. The first-order chi connectivity index (χ1) is 14.9. The van der Waals surface area contributed by atoms with E-state index in [2.05, 4.69) is 5.32 Å². The van der Waals surface area contributed by atoms with Crippen molar-refractivity contribution < 1.29 is 33.6 Å². The van der Waals surface area contributed by atoms with E-state index in [0.717, 1.165) is 38.6 Å². The molecule has 2 atom stereocenters. The molecule has 0 aromatic heterocycles. The molecule has 2 saturated heterocycles. The smallest absolute Gasteiger partial charge is 0.238 e. The molecule has 2 N–H and O–H groups in total. The molecule has 4 aliphatic carbocycles. The summed E-state index contributed by atoms with van der Waals surface area (Å²) in [5.74, 6) is -1.18. The van der Waals surface area contributed by atoms with Crippen LogP contribution in [0.15, 0.2) is 0 Å². The Labute approximate surface area is 181 Å². The number of hydrogen-bond donors (Lipinski definition) is 2. The van der Waals surface area contributed by atoms with Crippen molar-refractivity contribution in [3.05, 3.63) is 0 Å². The van der Waals surface area contributed by atoms with Crippen LogP contribution >= 0.6 is 0 Å². The lowest BCUT2D eigenvalue weighted by Crippen LogP contribution is -2.60. The molecule has 6 rings (SSSR count). The molecule has 8 nitrogen and oxygen atoms in total. The van der Waals surface area contributed by atoms with Gasteiger partial charge in [-0.1, -0.05) is 0 Å². The van der Waals surface area contributed by atoms with Crippen LogP contribution in [-0.2, 0) is 24.1 Å². The summed E-state index contributed by atoms with van der Waals surface area (Å²) in [6.45, 7) is 0.788. The zero-order chi connectivity index (χ0) is 21.6. The monoisotopic (exact) mass is 440 g/mol. The van der Waals surface area contributed by atoms with Crippen LogP contribution in [0.4, 0.5) is 4.39 Å². The van der Waals surface area contributed by atoms with Gasteiger partial charge < -0.3 is 20.1 Å². The van der Waals surface area contributed by atoms with Crippen molar-refractivity contribution in [2.45, 2.75) is 75.5 Å². The number of halogens is 1. The van der Waals surface area contributed by atoms with Crippen LogP contribution in [-0.4, -0.2) is 65.8 Å². The average Bonchev–Trinajstić information content (AvgIpc) is 3.35. The highest BCUT2D eigenvalue weighted by atomic mass is 19.1. The number of aliphatic hydroxyl groups excluding tert-OH is 1. The molecule has 0 radical (unpaired) electrons. The molecule has 2 unspecified atom stereocenters. The Morgan fingerprint density at radius 3 is 2.52 bits per heavy atom. The van der Waals surface area contributed by atoms with Gasteiger partial charge in [0.05, 0.1) is 6.61 Å². The zero-order valence-electron chi connectivity index (χ0n) is 17.9. The first-order valence-electron chi connectivity index (χ1n) is 11.8. The second-order valence-corrected chi connectivity index (χ2v) is 10.1. The van der Waals surface area contributed by atoms with Crippen molar-refractivity contribution in [3.63, 3.8) is 0 Å². The minimum atomic E-state index is -1.81. The number of carbonyl (C=O) groups is 2. The van der Waals surface area contributed by atoms with Crippen LogP contribution in [0, 0.1) is 23.7 Å². The Kier molecular flexibility index (Phi) is 5.73. The molecule has 1 spiro atoms. The fourth-order valence-electron chi connectivity index (χ4n) is 6.73. The van der Waals surface area contributed by atoms with Crippen molar-refractivity contribution in [1.29, 1.82) is 0 Å². The molecule has 0 aromatic carbocycles. The predicted molar refractivity (Wildman–Crippen MR) is 106 cm³/mol. The van der Waals surface area contributed by atoms with Gasteiger partial charge in [0.1, 0.15) is 0 Å². The maximum absolute atomic E-state index is 14.9. The molecule has 0 aromatic rings. The number of carbonyl (C=O) groups excluding carboxylic acids is 2. The number of nitrogens with one attached hydrogen (secondary N) is 1. The van der Waals surface area contributed by atoms with E-state index in [9.17, 15) is 19.1 Å². The molecular formula is C22H33FN2O6. The average molecular weight is 441 g/mol. The van der Waals surface area contributed by atoms with Gasteiger partial charge in [-0.05, 0) is 50.4 Å². The van der Waals surface area contributed by atoms with Crippen molar-refractivity contribution in [1.82, 2.24) is 10.2 Å². The first-order valence-corrected chi connectivity index (χ1v) is 11.8. The summed E-state index contributed by atoms with van der Waals surface area (Å²) in [7, 11) is 0. The van der Waals surface area contributed by atoms with Crippen molar-refractivity contribution in [2.24, 2.45) is 23.7 Å². The van der Waals surface area contributed by atoms with Gasteiger partial charge in [0.2, 0.25) is 23.4 Å². The largest absolute Gasteiger partial charge is 0.393 e. The molecule has 2 aliphatic heterocycles. The Morgan fingerprint density at radius 1 is 1.19 bits per heavy atom. The van der Waals surface area contributed by atoms with Gasteiger partial charge in [-0.25, -0.2) is 4.39 Å². The third-order valence-electron chi connectivity index (χ3n) is 8.13. The summed E-state index contributed by atoms with van der Waals surface area (Å²) in [5.41, 5.74) is 0. The zero-order valence-corrected chi connectivity index (χ0v) is 17.9. The topological polar surface area (TPSA) is 97.3 Å². The number of amides is 2. The summed E-state index contributed by atoms with van der Waals surface area (Å²) in [4.78, 5) is 37.1. The lowest BCUT2D eigenvalue weighted by Gasteiger charge is -2.57. The number of alkyl halides is 1. The minimum absolute atomic E-state index is 0.0195. The van der Waals surface area contributed by atoms with Crippen LogP contribution in [0.3, 0.4) is 0 Å². The molecule has 2 heterocycles. The highest BCUT2D eigenvalue weighted by Gasteiger charge is 2.68. The van der Waals surface area contributed by atoms with E-state index >= 15 is 0 Å². The number of aliphatic hydroxyl groups is 1. The van der Waals surface area contributed by atoms with Crippen LogP contribution in [0.2, 0.25) is 0 Å². The Morgan fingerprint density at radius 2 is 1.90 bits per heavy atom. The van der Waals surface area contributed by atoms with Gasteiger partial charge in [0.15, 0.2) is 6.17 Å². The van der Waals surface area contributed by atoms with E-state index in [0.29, 0.717) is 31.3 Å². The summed E-state index contributed by atoms with van der Waals surface area (Å²) in [6, 6.07) is 0. The second-order valence-electron chi connectivity index (χ2n) is 10.1. The second kappa shape index (κ2) is 8.24. The van der Waals surface area contributed by atoms with Crippen LogP contribution in [0.25, 0.3) is 0 Å².